The normalized spacial score (nSPS) is 14.4. The van der Waals surface area contributed by atoms with Crippen molar-refractivity contribution in [2.45, 2.75) is 44.6 Å². The highest BCUT2D eigenvalue weighted by Gasteiger charge is 2.17. The predicted molar refractivity (Wildman–Crippen MR) is 121 cm³/mol. The third-order valence-electron chi connectivity index (χ3n) is 5.91. The van der Waals surface area contributed by atoms with E-state index in [1.807, 2.05) is 42.5 Å². The van der Waals surface area contributed by atoms with Crippen LogP contribution in [0.15, 0.2) is 60.8 Å². The number of methoxy groups -OCH3 is 1. The van der Waals surface area contributed by atoms with Gasteiger partial charge in [-0.3, -0.25) is 4.79 Å². The minimum absolute atomic E-state index is 0.393. The number of nitrogens with two attached hydrogens (primary N) is 1. The zero-order valence-electron chi connectivity index (χ0n) is 17.4. The molecule has 0 radical (unpaired) electrons. The Morgan fingerprint density at radius 1 is 1.10 bits per heavy atom. The second-order valence-corrected chi connectivity index (χ2v) is 7.93. The molecule has 2 aromatic carbocycles. The largest absolute Gasteiger partial charge is 0.496 e. The number of carbonyl (C=O) groups excluding carboxylic acids is 1. The van der Waals surface area contributed by atoms with Gasteiger partial charge in [0.15, 0.2) is 0 Å². The highest BCUT2D eigenvalue weighted by molar-refractivity contribution is 5.99. The Bertz CT molecular complexity index is 1020. The summed E-state index contributed by atoms with van der Waals surface area (Å²) in [5.41, 5.74) is 10.3. The van der Waals surface area contributed by atoms with E-state index in [-0.39, 0.29) is 0 Å². The molecule has 0 atom stereocenters. The molecule has 1 aliphatic carbocycles. The molecule has 1 saturated carbocycles. The van der Waals surface area contributed by atoms with Gasteiger partial charge < -0.3 is 20.4 Å². The molecular weight excluding hydrogens is 374 g/mol. The van der Waals surface area contributed by atoms with Crippen molar-refractivity contribution < 1.29 is 9.53 Å². The molecular formula is C25H29N3O2. The second kappa shape index (κ2) is 9.08. The Labute approximate surface area is 177 Å². The molecule has 4 rings (SSSR count). The lowest BCUT2D eigenvalue weighted by Crippen LogP contribution is -2.24. The van der Waals surface area contributed by atoms with E-state index in [1.54, 1.807) is 7.11 Å². The minimum atomic E-state index is -0.401. The molecule has 1 aliphatic rings. The molecule has 1 aromatic heterocycles. The fourth-order valence-corrected chi connectivity index (χ4v) is 4.34. The average molecular weight is 404 g/mol. The van der Waals surface area contributed by atoms with Gasteiger partial charge in [0.2, 0.25) is 0 Å². The van der Waals surface area contributed by atoms with Gasteiger partial charge >= 0.3 is 0 Å². The summed E-state index contributed by atoms with van der Waals surface area (Å²) in [5.74, 6) is 0.482. The van der Waals surface area contributed by atoms with Crippen LogP contribution in [0.5, 0.6) is 5.75 Å². The lowest BCUT2D eigenvalue weighted by molar-refractivity contribution is 0.100. The number of para-hydroxylation sites is 1. The van der Waals surface area contributed by atoms with Crippen LogP contribution < -0.4 is 15.8 Å². The Balaban J connectivity index is 1.65. The van der Waals surface area contributed by atoms with Crippen molar-refractivity contribution in [3.05, 3.63) is 77.6 Å². The fraction of sp³-hybridized carbons (Fsp3) is 0.320. The number of benzene rings is 2. The van der Waals surface area contributed by atoms with Gasteiger partial charge in [-0.25, -0.2) is 0 Å². The van der Waals surface area contributed by atoms with Crippen LogP contribution in [0.1, 0.15) is 53.7 Å². The fourth-order valence-electron chi connectivity index (χ4n) is 4.34. The van der Waals surface area contributed by atoms with E-state index >= 15 is 0 Å². The zero-order valence-corrected chi connectivity index (χ0v) is 17.4. The summed E-state index contributed by atoms with van der Waals surface area (Å²) in [6.45, 7) is 0. The number of amides is 1. The molecule has 5 nitrogen and oxygen atoms in total. The third kappa shape index (κ3) is 4.35. The van der Waals surface area contributed by atoms with E-state index in [1.165, 1.54) is 19.3 Å². The monoisotopic (exact) mass is 403 g/mol. The van der Waals surface area contributed by atoms with E-state index < -0.39 is 5.91 Å². The van der Waals surface area contributed by atoms with Crippen LogP contribution in [0.2, 0.25) is 0 Å². The van der Waals surface area contributed by atoms with Crippen LogP contribution >= 0.6 is 0 Å². The molecule has 1 amide bonds. The first-order valence-electron chi connectivity index (χ1n) is 10.6. The molecule has 3 N–H and O–H groups in total. The molecule has 0 saturated heterocycles. The Morgan fingerprint density at radius 2 is 1.90 bits per heavy atom. The summed E-state index contributed by atoms with van der Waals surface area (Å²) >= 11 is 0. The van der Waals surface area contributed by atoms with Gasteiger partial charge in [-0.05, 0) is 54.8 Å². The number of carbonyl (C=O) groups is 1. The Hall–Kier alpha value is -3.21. The van der Waals surface area contributed by atoms with E-state index in [9.17, 15) is 4.79 Å². The number of nitrogens with zero attached hydrogens (tertiary/aromatic N) is 1. The number of rotatable bonds is 7. The summed E-state index contributed by atoms with van der Waals surface area (Å²) < 4.78 is 7.67. The number of ether oxygens (including phenoxy) is 1. The van der Waals surface area contributed by atoms with E-state index in [0.29, 0.717) is 11.6 Å². The van der Waals surface area contributed by atoms with Crippen molar-refractivity contribution in [3.63, 3.8) is 0 Å². The van der Waals surface area contributed by atoms with Crippen molar-refractivity contribution in [3.8, 4) is 11.4 Å². The molecule has 0 spiro atoms. The number of primary amides is 1. The number of aromatic nitrogens is 1. The predicted octanol–water partition coefficient (Wildman–Crippen LogP) is 4.92. The van der Waals surface area contributed by atoms with Crippen LogP contribution in [-0.2, 0) is 6.42 Å². The summed E-state index contributed by atoms with van der Waals surface area (Å²) in [5, 5.41) is 3.59. The van der Waals surface area contributed by atoms with Gasteiger partial charge in [-0.1, -0.05) is 37.5 Å². The standard InChI is InChI=1S/C25H29N3O2/c1-30-24-12-6-5-8-18(24)16-20-11-7-15-28(20)21-13-14-22(25(26)29)23(17-21)27-19-9-3-2-4-10-19/h5-8,11-15,17,19,27H,2-4,9-10,16H2,1H3,(H2,26,29). The maximum absolute atomic E-state index is 12.0. The Kier molecular flexibility index (Phi) is 6.07. The summed E-state index contributed by atoms with van der Waals surface area (Å²) in [6.07, 6.45) is 8.80. The lowest BCUT2D eigenvalue weighted by Gasteiger charge is -2.25. The first kappa shape index (κ1) is 20.1. The van der Waals surface area contributed by atoms with Gasteiger partial charge in [0, 0.05) is 35.7 Å². The first-order chi connectivity index (χ1) is 14.7. The van der Waals surface area contributed by atoms with Crippen LogP contribution in [0.25, 0.3) is 5.69 Å². The molecule has 30 heavy (non-hydrogen) atoms. The molecule has 0 bridgehead atoms. The quantitative estimate of drug-likeness (QED) is 0.588. The molecule has 1 fully saturated rings. The number of anilines is 1. The zero-order chi connectivity index (χ0) is 20.9. The summed E-state index contributed by atoms with van der Waals surface area (Å²) in [7, 11) is 1.70. The van der Waals surface area contributed by atoms with Gasteiger partial charge in [0.05, 0.1) is 12.7 Å². The van der Waals surface area contributed by atoms with E-state index in [4.69, 9.17) is 10.5 Å². The van der Waals surface area contributed by atoms with E-state index in [0.717, 1.165) is 47.6 Å². The van der Waals surface area contributed by atoms with Crippen molar-refractivity contribution in [2.24, 2.45) is 5.73 Å². The number of hydrogen-bond donors (Lipinski definition) is 2. The van der Waals surface area contributed by atoms with Crippen molar-refractivity contribution in [1.82, 2.24) is 4.57 Å². The van der Waals surface area contributed by atoms with Crippen molar-refractivity contribution in [1.29, 1.82) is 0 Å². The SMILES string of the molecule is COc1ccccc1Cc1cccn1-c1ccc(C(N)=O)c(NC2CCCCC2)c1. The van der Waals surface area contributed by atoms with Crippen LogP contribution in [-0.4, -0.2) is 23.6 Å². The van der Waals surface area contributed by atoms with Gasteiger partial charge in [0.1, 0.15) is 5.75 Å². The minimum Gasteiger partial charge on any atom is -0.496 e. The average Bonchev–Trinajstić information content (AvgIpc) is 3.23. The summed E-state index contributed by atoms with van der Waals surface area (Å²) in [4.78, 5) is 12.0. The van der Waals surface area contributed by atoms with Crippen LogP contribution in [0, 0.1) is 0 Å². The highest BCUT2D eigenvalue weighted by atomic mass is 16.5. The maximum atomic E-state index is 12.0. The molecule has 3 aromatic rings. The van der Waals surface area contributed by atoms with Crippen LogP contribution in [0.3, 0.4) is 0 Å². The second-order valence-electron chi connectivity index (χ2n) is 7.93. The van der Waals surface area contributed by atoms with Gasteiger partial charge in [-0.2, -0.15) is 0 Å². The third-order valence-corrected chi connectivity index (χ3v) is 5.91. The van der Waals surface area contributed by atoms with Gasteiger partial charge in [-0.15, -0.1) is 0 Å². The molecule has 5 heteroatoms. The van der Waals surface area contributed by atoms with Crippen molar-refractivity contribution in [2.75, 3.05) is 12.4 Å². The maximum Gasteiger partial charge on any atom is 0.250 e. The molecule has 156 valence electrons. The molecule has 0 aliphatic heterocycles. The smallest absolute Gasteiger partial charge is 0.250 e. The first-order valence-corrected chi connectivity index (χ1v) is 10.6. The molecule has 0 unspecified atom stereocenters. The highest BCUT2D eigenvalue weighted by Crippen LogP contribution is 2.28. The number of hydrogen-bond acceptors (Lipinski definition) is 3. The molecule has 1 heterocycles. The summed E-state index contributed by atoms with van der Waals surface area (Å²) in [6, 6.07) is 18.5. The van der Waals surface area contributed by atoms with Crippen molar-refractivity contribution >= 4 is 11.6 Å². The van der Waals surface area contributed by atoms with Gasteiger partial charge in [0.25, 0.3) is 5.91 Å². The Morgan fingerprint density at radius 3 is 2.67 bits per heavy atom. The number of nitrogens with one attached hydrogen (secondary N) is 1. The lowest BCUT2D eigenvalue weighted by atomic mass is 9.95. The topological polar surface area (TPSA) is 69.3 Å². The van der Waals surface area contributed by atoms with E-state index in [2.05, 4.69) is 28.2 Å². The van der Waals surface area contributed by atoms with Crippen LogP contribution in [0.4, 0.5) is 5.69 Å².